The van der Waals surface area contributed by atoms with E-state index in [0.29, 0.717) is 6.61 Å². The average molecular weight is 187 g/mol. The number of aliphatic hydroxyl groups is 1. The highest BCUT2D eigenvalue weighted by molar-refractivity contribution is 4.79. The van der Waals surface area contributed by atoms with Crippen LogP contribution >= 0.6 is 0 Å². The van der Waals surface area contributed by atoms with Crippen LogP contribution < -0.4 is 5.32 Å². The van der Waals surface area contributed by atoms with Crippen LogP contribution in [0.25, 0.3) is 0 Å². The molecule has 0 radical (unpaired) electrons. The molecule has 0 aromatic heterocycles. The zero-order valence-corrected chi connectivity index (χ0v) is 9.34. The van der Waals surface area contributed by atoms with Crippen molar-refractivity contribution in [3.8, 4) is 0 Å². The maximum Gasteiger partial charge on any atom is 0.0428 e. The molecule has 0 heterocycles. The molecule has 0 aromatic carbocycles. The predicted octanol–water partition coefficient (Wildman–Crippen LogP) is 2.17. The van der Waals surface area contributed by atoms with Crippen LogP contribution in [0, 0.1) is 5.92 Å². The van der Waals surface area contributed by atoms with Gasteiger partial charge in [-0.2, -0.15) is 0 Å². The maximum atomic E-state index is 7.88. The summed E-state index contributed by atoms with van der Waals surface area (Å²) in [4.78, 5) is 0. The van der Waals surface area contributed by atoms with E-state index in [1.807, 2.05) is 6.92 Å². The first-order chi connectivity index (χ1) is 6.26. The van der Waals surface area contributed by atoms with Gasteiger partial charge in [0.05, 0.1) is 0 Å². The molecular formula is C11H25NO. The minimum absolute atomic E-state index is 0.319. The van der Waals surface area contributed by atoms with E-state index in [9.17, 15) is 0 Å². The fourth-order valence-corrected chi connectivity index (χ4v) is 1.71. The molecular weight excluding hydrogens is 162 g/mol. The molecule has 13 heavy (non-hydrogen) atoms. The first-order valence-electron chi connectivity index (χ1n) is 5.60. The summed E-state index contributed by atoms with van der Waals surface area (Å²) in [6, 6.07) is 0.829. The molecule has 2 N–H and O–H groups in total. The summed E-state index contributed by atoms with van der Waals surface area (Å²) in [6.07, 6.45) is 5.13. The van der Waals surface area contributed by atoms with Crippen molar-refractivity contribution in [1.82, 2.24) is 5.32 Å². The first kappa shape index (κ1) is 12.9. The zero-order chi connectivity index (χ0) is 10.1. The normalized spacial score (nSPS) is 26.8. The number of aliphatic hydroxyl groups excluding tert-OH is 1. The van der Waals surface area contributed by atoms with Gasteiger partial charge >= 0.3 is 0 Å². The SMILES string of the molecule is CCCO.CCNC1CCCC1C. The van der Waals surface area contributed by atoms with Crippen LogP contribution in [0.2, 0.25) is 0 Å². The lowest BCUT2D eigenvalue weighted by molar-refractivity contribution is 0.295. The molecule has 80 valence electrons. The van der Waals surface area contributed by atoms with Gasteiger partial charge in [0.25, 0.3) is 0 Å². The Hall–Kier alpha value is -0.0800. The Kier molecular flexibility index (Phi) is 8.46. The van der Waals surface area contributed by atoms with E-state index in [0.717, 1.165) is 24.9 Å². The quantitative estimate of drug-likeness (QED) is 0.709. The summed E-state index contributed by atoms with van der Waals surface area (Å²) in [5, 5.41) is 11.4. The molecule has 0 aliphatic heterocycles. The van der Waals surface area contributed by atoms with E-state index < -0.39 is 0 Å². The third kappa shape index (κ3) is 6.05. The first-order valence-corrected chi connectivity index (χ1v) is 5.60. The summed E-state index contributed by atoms with van der Waals surface area (Å²) in [5.41, 5.74) is 0. The topological polar surface area (TPSA) is 32.3 Å². The van der Waals surface area contributed by atoms with Crippen LogP contribution in [0.4, 0.5) is 0 Å². The smallest absolute Gasteiger partial charge is 0.0428 e. The van der Waals surface area contributed by atoms with Gasteiger partial charge in [-0.25, -0.2) is 0 Å². The van der Waals surface area contributed by atoms with Crippen molar-refractivity contribution >= 4 is 0 Å². The summed E-state index contributed by atoms with van der Waals surface area (Å²) >= 11 is 0. The van der Waals surface area contributed by atoms with Crippen molar-refractivity contribution in [1.29, 1.82) is 0 Å². The highest BCUT2D eigenvalue weighted by atomic mass is 16.2. The predicted molar refractivity (Wildman–Crippen MR) is 57.9 cm³/mol. The van der Waals surface area contributed by atoms with E-state index >= 15 is 0 Å². The minimum Gasteiger partial charge on any atom is -0.396 e. The molecule has 2 unspecified atom stereocenters. The fraction of sp³-hybridized carbons (Fsp3) is 1.00. The molecule has 1 fully saturated rings. The Morgan fingerprint density at radius 3 is 2.23 bits per heavy atom. The summed E-state index contributed by atoms with van der Waals surface area (Å²) < 4.78 is 0. The number of rotatable bonds is 3. The number of hydrogen-bond acceptors (Lipinski definition) is 2. The second kappa shape index (κ2) is 8.52. The van der Waals surface area contributed by atoms with E-state index in [1.165, 1.54) is 19.3 Å². The zero-order valence-electron chi connectivity index (χ0n) is 9.34. The van der Waals surface area contributed by atoms with E-state index in [1.54, 1.807) is 0 Å². The molecule has 2 atom stereocenters. The van der Waals surface area contributed by atoms with E-state index in [2.05, 4.69) is 19.2 Å². The molecule has 1 rings (SSSR count). The summed E-state index contributed by atoms with van der Waals surface area (Å²) in [6.45, 7) is 7.92. The third-order valence-electron chi connectivity index (χ3n) is 2.55. The fourth-order valence-electron chi connectivity index (χ4n) is 1.71. The van der Waals surface area contributed by atoms with Crippen molar-refractivity contribution in [2.75, 3.05) is 13.2 Å². The maximum absolute atomic E-state index is 7.88. The van der Waals surface area contributed by atoms with Gasteiger partial charge in [-0.05, 0) is 31.7 Å². The lowest BCUT2D eigenvalue weighted by Crippen LogP contribution is -2.30. The van der Waals surface area contributed by atoms with Crippen molar-refractivity contribution in [2.24, 2.45) is 5.92 Å². The molecule has 1 aliphatic rings. The van der Waals surface area contributed by atoms with E-state index in [-0.39, 0.29) is 0 Å². The van der Waals surface area contributed by atoms with Gasteiger partial charge in [-0.15, -0.1) is 0 Å². The van der Waals surface area contributed by atoms with Gasteiger partial charge in [0.1, 0.15) is 0 Å². The van der Waals surface area contributed by atoms with Crippen molar-refractivity contribution < 1.29 is 5.11 Å². The van der Waals surface area contributed by atoms with Crippen molar-refractivity contribution in [2.45, 2.75) is 52.5 Å². The second-order valence-corrected chi connectivity index (χ2v) is 3.80. The molecule has 1 aliphatic carbocycles. The second-order valence-electron chi connectivity index (χ2n) is 3.80. The Morgan fingerprint density at radius 2 is 1.92 bits per heavy atom. The van der Waals surface area contributed by atoms with Crippen molar-refractivity contribution in [3.63, 3.8) is 0 Å². The van der Waals surface area contributed by atoms with Gasteiger partial charge in [0, 0.05) is 12.6 Å². The summed E-state index contributed by atoms with van der Waals surface area (Å²) in [5.74, 6) is 0.921. The monoisotopic (exact) mass is 187 g/mol. The lowest BCUT2D eigenvalue weighted by atomic mass is 10.1. The molecule has 0 spiro atoms. The van der Waals surface area contributed by atoms with E-state index in [4.69, 9.17) is 5.11 Å². The largest absolute Gasteiger partial charge is 0.396 e. The Bertz CT molecular complexity index is 104. The number of hydrogen-bond donors (Lipinski definition) is 2. The Balaban J connectivity index is 0.000000310. The van der Waals surface area contributed by atoms with Crippen LogP contribution in [-0.4, -0.2) is 24.3 Å². The minimum atomic E-state index is 0.319. The average Bonchev–Trinajstić information content (AvgIpc) is 2.53. The van der Waals surface area contributed by atoms with Crippen LogP contribution in [-0.2, 0) is 0 Å². The Labute approximate surface area is 82.7 Å². The van der Waals surface area contributed by atoms with Crippen LogP contribution in [0.15, 0.2) is 0 Å². The van der Waals surface area contributed by atoms with Crippen LogP contribution in [0.5, 0.6) is 0 Å². The number of nitrogens with one attached hydrogen (secondary N) is 1. The molecule has 0 aromatic rings. The van der Waals surface area contributed by atoms with Gasteiger partial charge in [-0.3, -0.25) is 0 Å². The highest BCUT2D eigenvalue weighted by Gasteiger charge is 2.21. The molecule has 0 bridgehead atoms. The summed E-state index contributed by atoms with van der Waals surface area (Å²) in [7, 11) is 0. The van der Waals surface area contributed by atoms with Crippen LogP contribution in [0.3, 0.4) is 0 Å². The third-order valence-corrected chi connectivity index (χ3v) is 2.55. The molecule has 0 amide bonds. The lowest BCUT2D eigenvalue weighted by Gasteiger charge is -2.14. The molecule has 0 saturated heterocycles. The Morgan fingerprint density at radius 1 is 1.31 bits per heavy atom. The van der Waals surface area contributed by atoms with Crippen molar-refractivity contribution in [3.05, 3.63) is 0 Å². The van der Waals surface area contributed by atoms with Crippen LogP contribution in [0.1, 0.15) is 46.5 Å². The molecule has 2 heteroatoms. The molecule has 1 saturated carbocycles. The standard InChI is InChI=1S/C8H17N.C3H8O/c1-3-9-8-6-4-5-7(8)2;1-2-3-4/h7-9H,3-6H2,1-2H3;4H,2-3H2,1H3. The van der Waals surface area contributed by atoms with Gasteiger partial charge in [0.2, 0.25) is 0 Å². The molecule has 2 nitrogen and oxygen atoms in total. The van der Waals surface area contributed by atoms with Gasteiger partial charge in [0.15, 0.2) is 0 Å². The van der Waals surface area contributed by atoms with Gasteiger partial charge < -0.3 is 10.4 Å². The highest BCUT2D eigenvalue weighted by Crippen LogP contribution is 2.24. The van der Waals surface area contributed by atoms with Gasteiger partial charge in [-0.1, -0.05) is 27.2 Å².